The van der Waals surface area contributed by atoms with E-state index in [4.69, 9.17) is 4.43 Å². The lowest BCUT2D eigenvalue weighted by Crippen LogP contribution is -2.46. The first-order valence-corrected chi connectivity index (χ1v) is 6.38. The van der Waals surface area contributed by atoms with Gasteiger partial charge in [-0.05, 0) is 32.2 Å². The third kappa shape index (κ3) is 1.87. The second kappa shape index (κ2) is 4.07. The molecule has 5 heteroatoms. The molecule has 1 aromatic rings. The minimum Gasteiger partial charge on any atom is -0.481 e. The summed E-state index contributed by atoms with van der Waals surface area (Å²) in [5.41, 5.74) is -1.67. The fourth-order valence-corrected chi connectivity index (χ4v) is 3.32. The van der Waals surface area contributed by atoms with Crippen molar-refractivity contribution in [3.05, 3.63) is 22.4 Å². The Bertz CT molecular complexity index is 348. The van der Waals surface area contributed by atoms with Crippen LogP contribution in [0.5, 0.6) is 0 Å². The third-order valence-corrected chi connectivity index (χ3v) is 5.02. The molecule has 1 N–H and O–H groups in total. The maximum Gasteiger partial charge on any atom is 0.312 e. The van der Waals surface area contributed by atoms with Crippen molar-refractivity contribution in [2.24, 2.45) is 5.41 Å². The normalized spacial score (nSPS) is 16.2. The SMILES string of the molecule is CC(C)(C(=O)O)C(C)(O[SiH3])c1cccs1. The van der Waals surface area contributed by atoms with Gasteiger partial charge in [-0.25, -0.2) is 0 Å². The van der Waals surface area contributed by atoms with Gasteiger partial charge in [0.1, 0.15) is 16.1 Å². The molecule has 0 aliphatic carbocycles. The molecule has 0 amide bonds. The first kappa shape index (κ1) is 12.4. The molecule has 0 saturated heterocycles. The predicted octanol–water partition coefficient (Wildman–Crippen LogP) is 1.37. The molecule has 1 rings (SSSR count). The van der Waals surface area contributed by atoms with Crippen LogP contribution in [0.15, 0.2) is 17.5 Å². The third-order valence-electron chi connectivity index (χ3n) is 3.13. The molecule has 3 nitrogen and oxygen atoms in total. The van der Waals surface area contributed by atoms with E-state index < -0.39 is 17.0 Å². The monoisotopic (exact) mass is 244 g/mol. The zero-order valence-electron chi connectivity index (χ0n) is 9.40. The van der Waals surface area contributed by atoms with E-state index in [1.54, 1.807) is 13.8 Å². The highest BCUT2D eigenvalue weighted by molar-refractivity contribution is 7.10. The van der Waals surface area contributed by atoms with Crippen LogP contribution in [0.25, 0.3) is 0 Å². The Morgan fingerprint density at radius 2 is 2.13 bits per heavy atom. The van der Waals surface area contributed by atoms with Crippen molar-refractivity contribution in [1.82, 2.24) is 0 Å². The number of carbonyl (C=O) groups is 1. The van der Waals surface area contributed by atoms with Gasteiger partial charge in [-0.3, -0.25) is 4.79 Å². The van der Waals surface area contributed by atoms with Crippen LogP contribution in [-0.2, 0) is 14.8 Å². The Balaban J connectivity index is 3.22. The summed E-state index contributed by atoms with van der Waals surface area (Å²) >= 11 is 1.53. The maximum absolute atomic E-state index is 11.3. The zero-order chi connectivity index (χ0) is 11.7. The second-order valence-electron chi connectivity index (χ2n) is 4.14. The van der Waals surface area contributed by atoms with Gasteiger partial charge < -0.3 is 9.53 Å². The van der Waals surface area contributed by atoms with Gasteiger partial charge in [-0.1, -0.05) is 6.07 Å². The minimum absolute atomic E-state index is 0.513. The summed E-state index contributed by atoms with van der Waals surface area (Å²) in [7, 11) is 0.513. The van der Waals surface area contributed by atoms with Crippen molar-refractivity contribution in [3.63, 3.8) is 0 Å². The van der Waals surface area contributed by atoms with Crippen LogP contribution in [-0.4, -0.2) is 21.6 Å². The molecule has 1 atom stereocenters. The number of hydrogen-bond donors (Lipinski definition) is 1. The number of rotatable bonds is 4. The first-order valence-electron chi connectivity index (χ1n) is 4.69. The summed E-state index contributed by atoms with van der Waals surface area (Å²) in [6, 6.07) is 3.84. The van der Waals surface area contributed by atoms with E-state index in [9.17, 15) is 9.90 Å². The molecule has 1 aromatic heterocycles. The highest BCUT2D eigenvalue weighted by atomic mass is 32.1. The summed E-state index contributed by atoms with van der Waals surface area (Å²) in [5.74, 6) is -0.839. The van der Waals surface area contributed by atoms with Crippen LogP contribution in [0, 0.1) is 5.41 Å². The van der Waals surface area contributed by atoms with E-state index in [0.717, 1.165) is 4.88 Å². The van der Waals surface area contributed by atoms with Gasteiger partial charge >= 0.3 is 5.97 Å². The maximum atomic E-state index is 11.3. The van der Waals surface area contributed by atoms with E-state index in [0.29, 0.717) is 10.5 Å². The van der Waals surface area contributed by atoms with Crippen molar-refractivity contribution < 1.29 is 14.3 Å². The summed E-state index contributed by atoms with van der Waals surface area (Å²) in [6.45, 7) is 5.25. The average molecular weight is 244 g/mol. The molecular weight excluding hydrogens is 228 g/mol. The van der Waals surface area contributed by atoms with Gasteiger partial charge in [-0.15, -0.1) is 11.3 Å². The summed E-state index contributed by atoms with van der Waals surface area (Å²) < 4.78 is 5.58. The number of aliphatic carboxylic acids is 1. The van der Waals surface area contributed by atoms with Crippen LogP contribution in [0.2, 0.25) is 0 Å². The molecule has 1 unspecified atom stereocenters. The Morgan fingerprint density at radius 3 is 2.47 bits per heavy atom. The standard InChI is InChI=1S/C10H16O3SSi/c1-9(2,8(11)12)10(3,13-15)7-5-4-6-14-7/h4-6H,1-3,15H3,(H,11,12). The van der Waals surface area contributed by atoms with Gasteiger partial charge in [0.25, 0.3) is 0 Å². The topological polar surface area (TPSA) is 46.5 Å². The van der Waals surface area contributed by atoms with Gasteiger partial charge in [0.15, 0.2) is 0 Å². The number of carboxylic acid groups (broad SMARTS) is 1. The number of hydrogen-bond acceptors (Lipinski definition) is 3. The smallest absolute Gasteiger partial charge is 0.312 e. The molecule has 0 aliphatic rings. The zero-order valence-corrected chi connectivity index (χ0v) is 12.2. The predicted molar refractivity (Wildman–Crippen MR) is 64.1 cm³/mol. The van der Waals surface area contributed by atoms with Crippen molar-refractivity contribution in [2.45, 2.75) is 26.4 Å². The average Bonchev–Trinajstić information content (AvgIpc) is 2.69. The fraction of sp³-hybridized carbons (Fsp3) is 0.500. The Hall–Kier alpha value is -0.653. The Labute approximate surface area is 96.6 Å². The molecule has 0 fully saturated rings. The highest BCUT2D eigenvalue weighted by Crippen LogP contribution is 2.44. The minimum atomic E-state index is -0.931. The second-order valence-corrected chi connectivity index (χ2v) is 5.50. The van der Waals surface area contributed by atoms with Crippen molar-refractivity contribution in [3.8, 4) is 0 Å². The van der Waals surface area contributed by atoms with Gasteiger partial charge in [0, 0.05) is 4.88 Å². The summed E-state index contributed by atoms with van der Waals surface area (Å²) in [5, 5.41) is 11.2. The van der Waals surface area contributed by atoms with Gasteiger partial charge in [0.05, 0.1) is 5.41 Å². The van der Waals surface area contributed by atoms with Crippen molar-refractivity contribution >= 4 is 27.8 Å². The molecule has 0 aliphatic heterocycles. The van der Waals surface area contributed by atoms with E-state index in [2.05, 4.69) is 0 Å². The quantitative estimate of drug-likeness (QED) is 0.814. The number of carboxylic acids is 1. The largest absolute Gasteiger partial charge is 0.481 e. The van der Waals surface area contributed by atoms with Crippen LogP contribution in [0.4, 0.5) is 0 Å². The van der Waals surface area contributed by atoms with E-state index >= 15 is 0 Å². The lowest BCUT2D eigenvalue weighted by atomic mass is 9.75. The first-order chi connectivity index (χ1) is 6.86. The molecule has 0 bridgehead atoms. The van der Waals surface area contributed by atoms with E-state index in [1.165, 1.54) is 11.3 Å². The molecule has 84 valence electrons. The summed E-state index contributed by atoms with van der Waals surface area (Å²) in [4.78, 5) is 12.2. The van der Waals surface area contributed by atoms with E-state index in [1.807, 2.05) is 24.4 Å². The molecule has 1 heterocycles. The summed E-state index contributed by atoms with van der Waals surface area (Å²) in [6.07, 6.45) is 0. The number of thiophene rings is 1. The molecule has 0 radical (unpaired) electrons. The van der Waals surface area contributed by atoms with Crippen LogP contribution in [0.3, 0.4) is 0 Å². The molecular formula is C10H16O3SSi. The van der Waals surface area contributed by atoms with E-state index in [-0.39, 0.29) is 0 Å². The highest BCUT2D eigenvalue weighted by Gasteiger charge is 2.48. The molecule has 0 aromatic carbocycles. The molecule has 0 spiro atoms. The molecule has 15 heavy (non-hydrogen) atoms. The van der Waals surface area contributed by atoms with Crippen LogP contribution >= 0.6 is 11.3 Å². The van der Waals surface area contributed by atoms with Crippen molar-refractivity contribution in [2.75, 3.05) is 0 Å². The van der Waals surface area contributed by atoms with Crippen LogP contribution < -0.4 is 0 Å². The van der Waals surface area contributed by atoms with Crippen LogP contribution in [0.1, 0.15) is 25.6 Å². The fourth-order valence-electron chi connectivity index (χ4n) is 1.42. The Morgan fingerprint density at radius 1 is 1.53 bits per heavy atom. The lowest BCUT2D eigenvalue weighted by Gasteiger charge is -2.39. The van der Waals surface area contributed by atoms with Gasteiger partial charge in [-0.2, -0.15) is 0 Å². The van der Waals surface area contributed by atoms with Gasteiger partial charge in [0.2, 0.25) is 0 Å². The molecule has 0 saturated carbocycles. The Kier molecular flexibility index (Phi) is 3.37. The van der Waals surface area contributed by atoms with Crippen molar-refractivity contribution in [1.29, 1.82) is 0 Å². The lowest BCUT2D eigenvalue weighted by molar-refractivity contribution is -0.160.